The molecule has 0 saturated heterocycles. The van der Waals surface area contributed by atoms with Crippen LogP contribution in [-0.2, 0) is 13.2 Å². The fourth-order valence-electron chi connectivity index (χ4n) is 1.94. The Hall–Kier alpha value is -2.31. The predicted octanol–water partition coefficient (Wildman–Crippen LogP) is 2.97. The first-order valence-electron chi connectivity index (χ1n) is 6.16. The SMILES string of the molecule is Cc1ccc(NCc2cccc(CO)c2)c(C#N)c1. The summed E-state index contributed by atoms with van der Waals surface area (Å²) in [6.07, 6.45) is 0. The molecular formula is C16H16N2O. The van der Waals surface area contributed by atoms with Crippen LogP contribution >= 0.6 is 0 Å². The number of nitrogens with one attached hydrogen (secondary N) is 1. The summed E-state index contributed by atoms with van der Waals surface area (Å²) in [6.45, 7) is 2.64. The number of nitrogens with zero attached hydrogens (tertiary/aromatic N) is 1. The number of nitriles is 1. The van der Waals surface area contributed by atoms with Crippen LogP contribution in [0.4, 0.5) is 5.69 Å². The minimum Gasteiger partial charge on any atom is -0.392 e. The molecule has 0 saturated carbocycles. The van der Waals surface area contributed by atoms with E-state index < -0.39 is 0 Å². The van der Waals surface area contributed by atoms with Gasteiger partial charge in [0, 0.05) is 6.54 Å². The van der Waals surface area contributed by atoms with Gasteiger partial charge < -0.3 is 10.4 Å². The van der Waals surface area contributed by atoms with Crippen molar-refractivity contribution < 1.29 is 5.11 Å². The van der Waals surface area contributed by atoms with Crippen LogP contribution in [0.2, 0.25) is 0 Å². The molecule has 96 valence electrons. The molecule has 0 unspecified atom stereocenters. The fraction of sp³-hybridized carbons (Fsp3) is 0.188. The molecule has 19 heavy (non-hydrogen) atoms. The first-order chi connectivity index (χ1) is 9.22. The van der Waals surface area contributed by atoms with E-state index in [2.05, 4.69) is 11.4 Å². The number of hydrogen-bond donors (Lipinski definition) is 2. The Morgan fingerprint density at radius 2 is 1.95 bits per heavy atom. The van der Waals surface area contributed by atoms with E-state index in [1.165, 1.54) is 0 Å². The van der Waals surface area contributed by atoms with E-state index in [0.717, 1.165) is 22.4 Å². The van der Waals surface area contributed by atoms with E-state index in [1.807, 2.05) is 49.4 Å². The fourth-order valence-corrected chi connectivity index (χ4v) is 1.94. The van der Waals surface area contributed by atoms with Crippen molar-refractivity contribution in [2.75, 3.05) is 5.32 Å². The number of rotatable bonds is 4. The third kappa shape index (κ3) is 3.34. The third-order valence-corrected chi connectivity index (χ3v) is 2.95. The molecule has 0 aliphatic heterocycles. The summed E-state index contributed by atoms with van der Waals surface area (Å²) in [7, 11) is 0. The number of aliphatic hydroxyl groups excluding tert-OH is 1. The molecule has 0 aliphatic carbocycles. The van der Waals surface area contributed by atoms with Crippen molar-refractivity contribution in [2.45, 2.75) is 20.1 Å². The highest BCUT2D eigenvalue weighted by Crippen LogP contribution is 2.17. The molecular weight excluding hydrogens is 236 g/mol. The van der Waals surface area contributed by atoms with Crippen molar-refractivity contribution in [1.29, 1.82) is 5.26 Å². The molecule has 2 N–H and O–H groups in total. The van der Waals surface area contributed by atoms with Gasteiger partial charge in [-0.2, -0.15) is 5.26 Å². The molecule has 0 fully saturated rings. The summed E-state index contributed by atoms with van der Waals surface area (Å²) < 4.78 is 0. The van der Waals surface area contributed by atoms with Crippen molar-refractivity contribution in [3.8, 4) is 6.07 Å². The van der Waals surface area contributed by atoms with Gasteiger partial charge in [0.05, 0.1) is 17.9 Å². The van der Waals surface area contributed by atoms with E-state index in [1.54, 1.807) is 0 Å². The van der Waals surface area contributed by atoms with E-state index in [9.17, 15) is 0 Å². The maximum absolute atomic E-state index is 9.10. The molecule has 2 rings (SSSR count). The monoisotopic (exact) mass is 252 g/mol. The Bertz CT molecular complexity index is 614. The van der Waals surface area contributed by atoms with Gasteiger partial charge in [-0.15, -0.1) is 0 Å². The Morgan fingerprint density at radius 3 is 2.68 bits per heavy atom. The van der Waals surface area contributed by atoms with Gasteiger partial charge in [-0.25, -0.2) is 0 Å². The Balaban J connectivity index is 2.12. The molecule has 0 aliphatic rings. The van der Waals surface area contributed by atoms with Crippen molar-refractivity contribution >= 4 is 5.69 Å². The average Bonchev–Trinajstić information content (AvgIpc) is 2.46. The third-order valence-electron chi connectivity index (χ3n) is 2.95. The van der Waals surface area contributed by atoms with E-state index in [0.29, 0.717) is 12.1 Å². The van der Waals surface area contributed by atoms with Crippen LogP contribution in [0.5, 0.6) is 0 Å². The van der Waals surface area contributed by atoms with Crippen molar-refractivity contribution in [3.63, 3.8) is 0 Å². The Labute approximate surface area is 113 Å². The van der Waals surface area contributed by atoms with Gasteiger partial charge in [-0.1, -0.05) is 30.3 Å². The largest absolute Gasteiger partial charge is 0.392 e. The van der Waals surface area contributed by atoms with Crippen LogP contribution in [0, 0.1) is 18.3 Å². The zero-order valence-electron chi connectivity index (χ0n) is 10.9. The summed E-state index contributed by atoms with van der Waals surface area (Å²) in [5.41, 5.74) is 4.53. The molecule has 2 aromatic carbocycles. The second kappa shape index (κ2) is 6.03. The minimum absolute atomic E-state index is 0.0435. The lowest BCUT2D eigenvalue weighted by atomic mass is 10.1. The molecule has 0 heterocycles. The quantitative estimate of drug-likeness (QED) is 0.879. The molecule has 0 bridgehead atoms. The molecule has 0 atom stereocenters. The smallest absolute Gasteiger partial charge is 0.101 e. The lowest BCUT2D eigenvalue weighted by Gasteiger charge is -2.09. The number of aliphatic hydroxyl groups is 1. The number of anilines is 1. The zero-order valence-corrected chi connectivity index (χ0v) is 10.9. The van der Waals surface area contributed by atoms with Crippen LogP contribution < -0.4 is 5.32 Å². The Kier molecular flexibility index (Phi) is 4.17. The summed E-state index contributed by atoms with van der Waals surface area (Å²) in [5, 5.41) is 21.5. The highest BCUT2D eigenvalue weighted by atomic mass is 16.3. The molecule has 3 heteroatoms. The molecule has 0 radical (unpaired) electrons. The average molecular weight is 252 g/mol. The summed E-state index contributed by atoms with van der Waals surface area (Å²) in [4.78, 5) is 0. The molecule has 3 nitrogen and oxygen atoms in total. The molecule has 0 amide bonds. The highest BCUT2D eigenvalue weighted by molar-refractivity contribution is 5.58. The topological polar surface area (TPSA) is 56.0 Å². The van der Waals surface area contributed by atoms with Gasteiger partial charge in [0.1, 0.15) is 6.07 Å². The van der Waals surface area contributed by atoms with Crippen LogP contribution in [0.15, 0.2) is 42.5 Å². The van der Waals surface area contributed by atoms with Gasteiger partial charge >= 0.3 is 0 Å². The van der Waals surface area contributed by atoms with Gasteiger partial charge in [0.25, 0.3) is 0 Å². The van der Waals surface area contributed by atoms with E-state index in [4.69, 9.17) is 10.4 Å². The van der Waals surface area contributed by atoms with Crippen LogP contribution in [0.3, 0.4) is 0 Å². The highest BCUT2D eigenvalue weighted by Gasteiger charge is 2.02. The first kappa shape index (κ1) is 13.1. The summed E-state index contributed by atoms with van der Waals surface area (Å²) in [5.74, 6) is 0. The number of benzene rings is 2. The van der Waals surface area contributed by atoms with Crippen molar-refractivity contribution in [3.05, 3.63) is 64.7 Å². The van der Waals surface area contributed by atoms with Gasteiger partial charge in [-0.05, 0) is 35.7 Å². The molecule has 2 aromatic rings. The Morgan fingerprint density at radius 1 is 1.16 bits per heavy atom. The maximum Gasteiger partial charge on any atom is 0.101 e. The van der Waals surface area contributed by atoms with Crippen LogP contribution in [0.25, 0.3) is 0 Å². The van der Waals surface area contributed by atoms with Crippen LogP contribution in [-0.4, -0.2) is 5.11 Å². The van der Waals surface area contributed by atoms with Crippen LogP contribution in [0.1, 0.15) is 22.3 Å². The van der Waals surface area contributed by atoms with Crippen molar-refractivity contribution in [2.24, 2.45) is 0 Å². The number of hydrogen-bond acceptors (Lipinski definition) is 3. The molecule has 0 spiro atoms. The summed E-state index contributed by atoms with van der Waals surface area (Å²) >= 11 is 0. The molecule has 0 aromatic heterocycles. The minimum atomic E-state index is 0.0435. The predicted molar refractivity (Wildman–Crippen MR) is 75.6 cm³/mol. The first-order valence-corrected chi connectivity index (χ1v) is 6.16. The second-order valence-corrected chi connectivity index (χ2v) is 4.49. The maximum atomic E-state index is 9.10. The van der Waals surface area contributed by atoms with E-state index in [-0.39, 0.29) is 6.61 Å². The van der Waals surface area contributed by atoms with E-state index >= 15 is 0 Å². The zero-order chi connectivity index (χ0) is 13.7. The van der Waals surface area contributed by atoms with Gasteiger partial charge in [0.2, 0.25) is 0 Å². The normalized spacial score (nSPS) is 9.95. The second-order valence-electron chi connectivity index (χ2n) is 4.49. The lowest BCUT2D eigenvalue weighted by Crippen LogP contribution is -2.02. The standard InChI is InChI=1S/C16H16N2O/c1-12-5-6-16(15(7-12)9-17)18-10-13-3-2-4-14(8-13)11-19/h2-8,18-19H,10-11H2,1H3. The number of aryl methyl sites for hydroxylation is 1. The lowest BCUT2D eigenvalue weighted by molar-refractivity contribution is 0.281. The van der Waals surface area contributed by atoms with Gasteiger partial charge in [0.15, 0.2) is 0 Å². The summed E-state index contributed by atoms with van der Waals surface area (Å²) in [6, 6.07) is 15.7. The van der Waals surface area contributed by atoms with Gasteiger partial charge in [-0.3, -0.25) is 0 Å². The van der Waals surface area contributed by atoms with Crippen molar-refractivity contribution in [1.82, 2.24) is 0 Å².